The minimum atomic E-state index is -4.72. The molecule has 4 N–H and O–H groups in total. The van der Waals surface area contributed by atoms with Gasteiger partial charge >= 0.3 is 12.4 Å². The van der Waals surface area contributed by atoms with E-state index in [1.165, 1.54) is 48.5 Å². The molecule has 4 amide bonds. The SMILES string of the molecule is CC(=O)C(N=Nc1cccc(C(=O)Nc2ccc(C(F)(F)F)c(Cl)c2)c1Cl)C(=O)Nc1cc(C)c(NC(=O)C(N=Nc2cccc(C(=O)Nc3ccc(C(F)(F)F)c(Cl)c3)c2Cl)C(C)=O)cc1C. The molecular formula is C44H32Cl4F6N8O6. The van der Waals surface area contributed by atoms with Crippen molar-refractivity contribution in [2.24, 2.45) is 20.5 Å². The van der Waals surface area contributed by atoms with Crippen LogP contribution in [-0.2, 0) is 31.5 Å². The summed E-state index contributed by atoms with van der Waals surface area (Å²) in [6.45, 7) is 5.27. The van der Waals surface area contributed by atoms with Crippen molar-refractivity contribution < 1.29 is 55.1 Å². The second kappa shape index (κ2) is 21.5. The van der Waals surface area contributed by atoms with Crippen molar-refractivity contribution in [1.82, 2.24) is 0 Å². The molecule has 0 aliphatic carbocycles. The van der Waals surface area contributed by atoms with Crippen LogP contribution in [0.5, 0.6) is 0 Å². The molecule has 0 saturated carbocycles. The van der Waals surface area contributed by atoms with E-state index in [0.717, 1.165) is 38.1 Å². The number of carbonyl (C=O) groups excluding carboxylic acids is 6. The number of azo groups is 2. The van der Waals surface area contributed by atoms with Crippen LogP contribution in [0.15, 0.2) is 105 Å². The molecule has 68 heavy (non-hydrogen) atoms. The minimum Gasteiger partial charge on any atom is -0.324 e. The molecule has 5 aromatic rings. The van der Waals surface area contributed by atoms with Gasteiger partial charge in [-0.25, -0.2) is 0 Å². The first-order valence-electron chi connectivity index (χ1n) is 19.3. The van der Waals surface area contributed by atoms with Gasteiger partial charge in [-0.15, -0.1) is 0 Å². The van der Waals surface area contributed by atoms with E-state index in [-0.39, 0.29) is 55.3 Å². The van der Waals surface area contributed by atoms with E-state index in [2.05, 4.69) is 41.7 Å². The predicted octanol–water partition coefficient (Wildman–Crippen LogP) is 12.8. The summed E-state index contributed by atoms with van der Waals surface area (Å²) < 4.78 is 78.7. The molecule has 0 aliphatic heterocycles. The largest absolute Gasteiger partial charge is 0.417 e. The number of ketones is 2. The van der Waals surface area contributed by atoms with Crippen molar-refractivity contribution in [2.45, 2.75) is 52.1 Å². The highest BCUT2D eigenvalue weighted by Crippen LogP contribution is 2.38. The molecule has 0 fully saturated rings. The molecule has 0 spiro atoms. The Morgan fingerprint density at radius 3 is 1.18 bits per heavy atom. The van der Waals surface area contributed by atoms with Gasteiger partial charge in [-0.1, -0.05) is 58.5 Å². The van der Waals surface area contributed by atoms with Crippen LogP contribution >= 0.6 is 46.4 Å². The zero-order valence-electron chi connectivity index (χ0n) is 35.3. The summed E-state index contributed by atoms with van der Waals surface area (Å²) >= 11 is 24.3. The van der Waals surface area contributed by atoms with Crippen molar-refractivity contribution >= 4 is 116 Å². The minimum absolute atomic E-state index is 0.0683. The maximum atomic E-state index is 13.4. The third-order valence-corrected chi connectivity index (χ3v) is 10.8. The molecule has 2 atom stereocenters. The van der Waals surface area contributed by atoms with Gasteiger partial charge in [0.2, 0.25) is 12.1 Å². The highest BCUT2D eigenvalue weighted by atomic mass is 35.5. The van der Waals surface area contributed by atoms with Gasteiger partial charge in [0, 0.05) is 22.7 Å². The quantitative estimate of drug-likeness (QED) is 0.0484. The monoisotopic (exact) mass is 1020 g/mol. The van der Waals surface area contributed by atoms with Gasteiger partial charge in [0.25, 0.3) is 23.6 Å². The number of aryl methyl sites for hydroxylation is 2. The van der Waals surface area contributed by atoms with Gasteiger partial charge in [-0.05, 0) is 112 Å². The first-order valence-corrected chi connectivity index (χ1v) is 20.8. The first-order chi connectivity index (χ1) is 31.8. The highest BCUT2D eigenvalue weighted by Gasteiger charge is 2.34. The lowest BCUT2D eigenvalue weighted by Gasteiger charge is -2.16. The van der Waals surface area contributed by atoms with E-state index in [1.54, 1.807) is 13.8 Å². The van der Waals surface area contributed by atoms with E-state index in [1.807, 2.05) is 0 Å². The number of rotatable bonds is 14. The smallest absolute Gasteiger partial charge is 0.324 e. The van der Waals surface area contributed by atoms with E-state index in [0.29, 0.717) is 23.3 Å². The fourth-order valence-corrected chi connectivity index (χ4v) is 7.03. The number of amides is 4. The maximum Gasteiger partial charge on any atom is 0.417 e. The number of halogens is 10. The van der Waals surface area contributed by atoms with Crippen LogP contribution < -0.4 is 21.3 Å². The van der Waals surface area contributed by atoms with E-state index in [9.17, 15) is 55.1 Å². The van der Waals surface area contributed by atoms with Gasteiger partial charge in [-0.2, -0.15) is 46.8 Å². The Labute approximate surface area is 401 Å². The standard InChI is InChI=1S/C44H32Cl4F6N8O6/c1-19-15-34(58-42(68)38(22(4)64)62-60-32-10-6-8-26(36(32)48)40(66)56-24-12-14-28(30(46)18-24)44(52,53)54)20(2)16-33(19)57-41(67)37(21(3)63)61-59-31-9-5-7-25(35(31)47)39(65)55-23-11-13-27(29(45)17-23)43(49,50)51/h5-18,37-38H,1-4H3,(H,55,65)(H,56,66)(H,57,67)(H,58,68). The number of hydrogen-bond donors (Lipinski definition) is 4. The highest BCUT2D eigenvalue weighted by molar-refractivity contribution is 6.37. The normalized spacial score (nSPS) is 12.7. The van der Waals surface area contributed by atoms with Gasteiger partial charge in [0.05, 0.1) is 42.3 Å². The Morgan fingerprint density at radius 1 is 0.515 bits per heavy atom. The van der Waals surface area contributed by atoms with E-state index >= 15 is 0 Å². The number of nitrogens with one attached hydrogen (secondary N) is 4. The third-order valence-electron chi connectivity index (χ3n) is 9.43. The van der Waals surface area contributed by atoms with Gasteiger partial charge in [0.1, 0.15) is 11.4 Å². The molecule has 0 bridgehead atoms. The molecule has 5 rings (SSSR count). The summed E-state index contributed by atoms with van der Waals surface area (Å²) in [5.74, 6) is -5.02. The number of nitrogens with zero attached hydrogens (tertiary/aromatic N) is 4. The summed E-state index contributed by atoms with van der Waals surface area (Å²) in [6.07, 6.45) is -9.43. The average molecular weight is 1020 g/mol. The number of hydrogen-bond acceptors (Lipinski definition) is 10. The Bertz CT molecular complexity index is 2740. The maximum absolute atomic E-state index is 13.4. The van der Waals surface area contributed by atoms with Crippen molar-refractivity contribution in [2.75, 3.05) is 21.3 Å². The van der Waals surface area contributed by atoms with Crippen LogP contribution in [0.4, 0.5) is 60.5 Å². The van der Waals surface area contributed by atoms with Crippen LogP contribution in [0.2, 0.25) is 20.1 Å². The molecule has 0 aliphatic rings. The third kappa shape index (κ3) is 12.8. The summed E-state index contributed by atoms with van der Waals surface area (Å²) in [5.41, 5.74) is -1.84. The molecule has 14 nitrogen and oxygen atoms in total. The fourth-order valence-electron chi connectivity index (χ4n) is 5.95. The zero-order valence-corrected chi connectivity index (χ0v) is 38.3. The molecule has 354 valence electrons. The fraction of sp³-hybridized carbons (Fsp3) is 0.182. The number of Topliss-reactive ketones (excluding diaryl/α,β-unsaturated/α-hetero) is 2. The molecule has 24 heteroatoms. The molecule has 0 radical (unpaired) electrons. The average Bonchev–Trinajstić information content (AvgIpc) is 3.22. The van der Waals surface area contributed by atoms with Crippen LogP contribution in [0.3, 0.4) is 0 Å². The van der Waals surface area contributed by atoms with E-state index in [4.69, 9.17) is 46.4 Å². The summed E-state index contributed by atoms with van der Waals surface area (Å²) in [6, 6.07) is 12.6. The lowest BCUT2D eigenvalue weighted by atomic mass is 10.1. The van der Waals surface area contributed by atoms with Crippen LogP contribution in [0.1, 0.15) is 56.8 Å². The van der Waals surface area contributed by atoms with Crippen molar-refractivity contribution in [3.8, 4) is 0 Å². The summed E-state index contributed by atoms with van der Waals surface area (Å²) in [4.78, 5) is 78.0. The van der Waals surface area contributed by atoms with Crippen LogP contribution in [0.25, 0.3) is 0 Å². The van der Waals surface area contributed by atoms with Crippen LogP contribution in [0, 0.1) is 13.8 Å². The Morgan fingerprint density at radius 2 is 0.868 bits per heavy atom. The Hall–Kier alpha value is -6.74. The Kier molecular flexibility index (Phi) is 16.5. The number of anilines is 4. The molecule has 0 saturated heterocycles. The number of carbonyl (C=O) groups is 6. The van der Waals surface area contributed by atoms with E-state index < -0.39 is 80.8 Å². The molecule has 2 unspecified atom stereocenters. The van der Waals surface area contributed by atoms with Gasteiger partial charge in [-0.3, -0.25) is 28.8 Å². The van der Waals surface area contributed by atoms with Crippen molar-refractivity contribution in [3.05, 3.63) is 138 Å². The van der Waals surface area contributed by atoms with Crippen LogP contribution in [-0.4, -0.2) is 47.3 Å². The lowest BCUT2D eigenvalue weighted by molar-refractivity contribution is -0.138. The molecule has 5 aromatic carbocycles. The zero-order chi connectivity index (χ0) is 50.4. The number of benzene rings is 5. The molecular weight excluding hydrogens is 992 g/mol. The topological polar surface area (TPSA) is 200 Å². The summed E-state index contributed by atoms with van der Waals surface area (Å²) in [5, 5.41) is 23.7. The predicted molar refractivity (Wildman–Crippen MR) is 243 cm³/mol. The summed E-state index contributed by atoms with van der Waals surface area (Å²) in [7, 11) is 0. The second-order valence-electron chi connectivity index (χ2n) is 14.5. The Balaban J connectivity index is 1.26. The first kappa shape index (κ1) is 52.2. The van der Waals surface area contributed by atoms with Gasteiger partial charge in [0.15, 0.2) is 11.6 Å². The molecule has 0 aromatic heterocycles. The number of alkyl halides is 6. The van der Waals surface area contributed by atoms with Crippen molar-refractivity contribution in [1.29, 1.82) is 0 Å². The van der Waals surface area contributed by atoms with Gasteiger partial charge < -0.3 is 21.3 Å². The molecule has 0 heterocycles. The lowest BCUT2D eigenvalue weighted by Crippen LogP contribution is -2.32. The van der Waals surface area contributed by atoms with Crippen molar-refractivity contribution in [3.63, 3.8) is 0 Å². The second-order valence-corrected chi connectivity index (χ2v) is 16.1.